The molecule has 23 heavy (non-hydrogen) atoms. The summed E-state index contributed by atoms with van der Waals surface area (Å²) < 4.78 is 5.40. The number of rotatable bonds is 3. The summed E-state index contributed by atoms with van der Waals surface area (Å²) in [7, 11) is 1.65. The van der Waals surface area contributed by atoms with Crippen LogP contribution in [-0.4, -0.2) is 37.4 Å². The third-order valence-electron chi connectivity index (χ3n) is 4.98. The number of Topliss-reactive ketones (excluding diaryl/α,β-unsaturated/α-hetero) is 1. The molecule has 1 atom stereocenters. The second-order valence-corrected chi connectivity index (χ2v) is 6.83. The summed E-state index contributed by atoms with van der Waals surface area (Å²) >= 11 is 6.31. The van der Waals surface area contributed by atoms with Gasteiger partial charge in [0.25, 0.3) is 0 Å². The number of carbonyl (C=O) groups is 1. The van der Waals surface area contributed by atoms with Gasteiger partial charge in [0.15, 0.2) is 5.78 Å². The summed E-state index contributed by atoms with van der Waals surface area (Å²) in [6.07, 6.45) is 6.93. The molecule has 0 radical (unpaired) electrons. The van der Waals surface area contributed by atoms with Gasteiger partial charge in [-0.05, 0) is 50.9 Å². The van der Waals surface area contributed by atoms with Gasteiger partial charge in [-0.2, -0.15) is 0 Å². The van der Waals surface area contributed by atoms with E-state index in [9.17, 15) is 4.79 Å². The van der Waals surface area contributed by atoms with Crippen molar-refractivity contribution in [3.63, 3.8) is 0 Å². The highest BCUT2D eigenvalue weighted by molar-refractivity contribution is 6.34. The van der Waals surface area contributed by atoms with Crippen LogP contribution in [-0.2, 0) is 6.42 Å². The number of fused-ring (bicyclic) bond motifs is 1. The number of carbonyl (C=O) groups excluding carboxylic acids is 1. The van der Waals surface area contributed by atoms with E-state index in [0.29, 0.717) is 10.6 Å². The molecule has 0 N–H and O–H groups in total. The Balaban J connectivity index is 0.00000192. The Labute approximate surface area is 149 Å². The molecule has 128 valence electrons. The van der Waals surface area contributed by atoms with Crippen LogP contribution in [0.1, 0.15) is 48.0 Å². The Bertz CT molecular complexity index is 554. The second kappa shape index (κ2) is 8.36. The monoisotopic (exact) mass is 357 g/mol. The molecule has 5 heteroatoms. The van der Waals surface area contributed by atoms with E-state index in [2.05, 4.69) is 4.90 Å². The molecule has 0 spiro atoms. The zero-order valence-electron chi connectivity index (χ0n) is 13.6. The van der Waals surface area contributed by atoms with Gasteiger partial charge < -0.3 is 9.64 Å². The minimum Gasteiger partial charge on any atom is -0.496 e. The van der Waals surface area contributed by atoms with Gasteiger partial charge in [0.1, 0.15) is 5.75 Å². The highest BCUT2D eigenvalue weighted by atomic mass is 35.5. The quantitative estimate of drug-likeness (QED) is 0.803. The largest absolute Gasteiger partial charge is 0.496 e. The van der Waals surface area contributed by atoms with Crippen LogP contribution in [0, 0.1) is 5.92 Å². The molecule has 1 heterocycles. The number of halogens is 2. The lowest BCUT2D eigenvalue weighted by molar-refractivity contribution is 0.0858. The van der Waals surface area contributed by atoms with E-state index < -0.39 is 0 Å². The predicted octanol–water partition coefficient (Wildman–Crippen LogP) is 4.39. The first kappa shape index (κ1) is 18.6. The zero-order chi connectivity index (χ0) is 15.5. The van der Waals surface area contributed by atoms with Crippen LogP contribution >= 0.6 is 24.0 Å². The molecule has 1 fully saturated rings. The Morgan fingerprint density at radius 3 is 2.57 bits per heavy atom. The first-order valence-electron chi connectivity index (χ1n) is 8.32. The lowest BCUT2D eigenvalue weighted by Gasteiger charge is -2.30. The van der Waals surface area contributed by atoms with Crippen molar-refractivity contribution in [1.29, 1.82) is 0 Å². The van der Waals surface area contributed by atoms with Gasteiger partial charge in [-0.15, -0.1) is 12.4 Å². The van der Waals surface area contributed by atoms with E-state index in [1.165, 1.54) is 25.7 Å². The SMILES string of the molecule is COc1ccc(Cl)c2c1CCC(CN1CCCCCC1)C2=O.Cl. The van der Waals surface area contributed by atoms with Crippen LogP contribution in [0.2, 0.25) is 5.02 Å². The molecule has 3 rings (SSSR count). The molecule has 1 unspecified atom stereocenters. The Morgan fingerprint density at radius 1 is 1.22 bits per heavy atom. The summed E-state index contributed by atoms with van der Waals surface area (Å²) in [5.41, 5.74) is 1.69. The number of ether oxygens (including phenoxy) is 1. The number of methoxy groups -OCH3 is 1. The van der Waals surface area contributed by atoms with Gasteiger partial charge in [-0.1, -0.05) is 24.4 Å². The first-order chi connectivity index (χ1) is 10.7. The molecule has 1 aliphatic carbocycles. The molecule has 0 aromatic heterocycles. The van der Waals surface area contributed by atoms with Gasteiger partial charge in [0.2, 0.25) is 0 Å². The minimum atomic E-state index is 0. The average Bonchev–Trinajstić information content (AvgIpc) is 2.79. The minimum absolute atomic E-state index is 0. The molecule has 0 bridgehead atoms. The molecular weight excluding hydrogens is 333 g/mol. The summed E-state index contributed by atoms with van der Waals surface area (Å²) in [6, 6.07) is 3.65. The molecule has 1 aromatic rings. The van der Waals surface area contributed by atoms with Crippen molar-refractivity contribution >= 4 is 29.8 Å². The number of ketones is 1. The molecule has 1 aromatic carbocycles. The molecule has 3 nitrogen and oxygen atoms in total. The maximum absolute atomic E-state index is 12.9. The lowest BCUT2D eigenvalue weighted by Crippen LogP contribution is -2.36. The summed E-state index contributed by atoms with van der Waals surface area (Å²) in [4.78, 5) is 15.4. The normalized spacial score (nSPS) is 22.0. The number of benzene rings is 1. The van der Waals surface area contributed by atoms with Crippen molar-refractivity contribution in [2.24, 2.45) is 5.92 Å². The van der Waals surface area contributed by atoms with E-state index in [1.54, 1.807) is 13.2 Å². The fourth-order valence-electron chi connectivity index (χ4n) is 3.76. The van der Waals surface area contributed by atoms with E-state index >= 15 is 0 Å². The fraction of sp³-hybridized carbons (Fsp3) is 0.611. The number of hydrogen-bond donors (Lipinski definition) is 0. The Kier molecular flexibility index (Phi) is 6.75. The third-order valence-corrected chi connectivity index (χ3v) is 5.29. The Morgan fingerprint density at radius 2 is 1.91 bits per heavy atom. The van der Waals surface area contributed by atoms with Crippen molar-refractivity contribution in [3.05, 3.63) is 28.3 Å². The second-order valence-electron chi connectivity index (χ2n) is 6.42. The molecule has 1 aliphatic heterocycles. The van der Waals surface area contributed by atoms with Crippen molar-refractivity contribution in [3.8, 4) is 5.75 Å². The lowest BCUT2D eigenvalue weighted by atomic mass is 9.82. The summed E-state index contributed by atoms with van der Waals surface area (Å²) in [6.45, 7) is 3.14. The first-order valence-corrected chi connectivity index (χ1v) is 8.70. The number of hydrogen-bond acceptors (Lipinski definition) is 3. The van der Waals surface area contributed by atoms with Gasteiger partial charge in [0, 0.05) is 23.6 Å². The zero-order valence-corrected chi connectivity index (χ0v) is 15.2. The summed E-state index contributed by atoms with van der Waals surface area (Å²) in [5.74, 6) is 1.07. The topological polar surface area (TPSA) is 29.5 Å². The highest BCUT2D eigenvalue weighted by Gasteiger charge is 2.32. The predicted molar refractivity (Wildman–Crippen MR) is 96.3 cm³/mol. The molecule has 2 aliphatic rings. The average molecular weight is 358 g/mol. The van der Waals surface area contributed by atoms with Crippen molar-refractivity contribution in [2.45, 2.75) is 38.5 Å². The summed E-state index contributed by atoms with van der Waals surface area (Å²) in [5, 5.41) is 0.571. The highest BCUT2D eigenvalue weighted by Crippen LogP contribution is 2.36. The van der Waals surface area contributed by atoms with Crippen LogP contribution in [0.5, 0.6) is 5.75 Å². The maximum atomic E-state index is 12.9. The van der Waals surface area contributed by atoms with Gasteiger partial charge in [-0.3, -0.25) is 4.79 Å². The van der Waals surface area contributed by atoms with Crippen LogP contribution in [0.4, 0.5) is 0 Å². The molecular formula is C18H25Cl2NO2. The van der Waals surface area contributed by atoms with Gasteiger partial charge in [-0.25, -0.2) is 0 Å². The standard InChI is InChI=1S/C18H24ClNO2.ClH/c1-22-16-9-8-15(19)17-14(16)7-6-13(18(17)21)12-20-10-4-2-3-5-11-20;/h8-9,13H,2-7,10-12H2,1H3;1H. The van der Waals surface area contributed by atoms with Crippen LogP contribution in [0.25, 0.3) is 0 Å². The van der Waals surface area contributed by atoms with Gasteiger partial charge in [0.05, 0.1) is 12.1 Å². The van der Waals surface area contributed by atoms with E-state index in [-0.39, 0.29) is 24.1 Å². The van der Waals surface area contributed by atoms with Crippen molar-refractivity contribution in [1.82, 2.24) is 4.90 Å². The molecule has 0 saturated carbocycles. The van der Waals surface area contributed by atoms with Gasteiger partial charge >= 0.3 is 0 Å². The van der Waals surface area contributed by atoms with E-state index in [1.807, 2.05) is 6.07 Å². The van der Waals surface area contributed by atoms with Crippen molar-refractivity contribution in [2.75, 3.05) is 26.7 Å². The third kappa shape index (κ3) is 4.01. The van der Waals surface area contributed by atoms with E-state index in [4.69, 9.17) is 16.3 Å². The Hall–Kier alpha value is -0.770. The molecule has 0 amide bonds. The van der Waals surface area contributed by atoms with Crippen molar-refractivity contribution < 1.29 is 9.53 Å². The van der Waals surface area contributed by atoms with E-state index in [0.717, 1.165) is 43.8 Å². The fourth-order valence-corrected chi connectivity index (χ4v) is 4.03. The number of likely N-dealkylation sites (tertiary alicyclic amines) is 1. The van der Waals surface area contributed by atoms with Crippen LogP contribution < -0.4 is 4.74 Å². The van der Waals surface area contributed by atoms with Crippen LogP contribution in [0.3, 0.4) is 0 Å². The number of nitrogens with zero attached hydrogens (tertiary/aromatic N) is 1. The molecule has 1 saturated heterocycles. The maximum Gasteiger partial charge on any atom is 0.169 e. The van der Waals surface area contributed by atoms with Crippen LogP contribution in [0.15, 0.2) is 12.1 Å². The smallest absolute Gasteiger partial charge is 0.169 e.